The highest BCUT2D eigenvalue weighted by molar-refractivity contribution is 6.10. The first kappa shape index (κ1) is 15.5. The van der Waals surface area contributed by atoms with Crippen LogP contribution in [0.1, 0.15) is 36.1 Å². The summed E-state index contributed by atoms with van der Waals surface area (Å²) in [7, 11) is 0. The normalized spacial score (nSPS) is 15.1. The monoisotopic (exact) mass is 305 g/mol. The van der Waals surface area contributed by atoms with Crippen molar-refractivity contribution in [1.29, 1.82) is 5.41 Å². The zero-order valence-corrected chi connectivity index (χ0v) is 13.5. The average Bonchev–Trinajstić information content (AvgIpc) is 2.52. The SMILES string of the molecule is Cc1cc(C/C(=C/NC2CCC2)C(=N)c2ccccc2)ccn1. The number of hydrogen-bond acceptors (Lipinski definition) is 3. The van der Waals surface area contributed by atoms with Crippen LogP contribution in [0.25, 0.3) is 0 Å². The molecule has 2 aromatic rings. The predicted molar refractivity (Wildman–Crippen MR) is 94.8 cm³/mol. The molecule has 0 spiro atoms. The summed E-state index contributed by atoms with van der Waals surface area (Å²) < 4.78 is 0. The lowest BCUT2D eigenvalue weighted by Gasteiger charge is -2.26. The first-order chi connectivity index (χ1) is 11.2. The van der Waals surface area contributed by atoms with Gasteiger partial charge in [0, 0.05) is 30.6 Å². The molecule has 2 N–H and O–H groups in total. The largest absolute Gasteiger partial charge is 0.388 e. The van der Waals surface area contributed by atoms with Crippen molar-refractivity contribution < 1.29 is 0 Å². The fourth-order valence-corrected chi connectivity index (χ4v) is 2.73. The summed E-state index contributed by atoms with van der Waals surface area (Å²) >= 11 is 0. The van der Waals surface area contributed by atoms with Crippen LogP contribution in [0.4, 0.5) is 0 Å². The van der Waals surface area contributed by atoms with Crippen molar-refractivity contribution in [2.75, 3.05) is 0 Å². The molecule has 3 rings (SSSR count). The maximum atomic E-state index is 8.59. The smallest absolute Gasteiger partial charge is 0.0661 e. The maximum absolute atomic E-state index is 8.59. The van der Waals surface area contributed by atoms with Gasteiger partial charge in [0.1, 0.15) is 0 Å². The number of aromatic nitrogens is 1. The number of hydrogen-bond donors (Lipinski definition) is 2. The van der Waals surface area contributed by atoms with Crippen LogP contribution in [0, 0.1) is 12.3 Å². The van der Waals surface area contributed by atoms with Gasteiger partial charge >= 0.3 is 0 Å². The summed E-state index contributed by atoms with van der Waals surface area (Å²) in [5, 5.41) is 12.1. The number of nitrogens with zero attached hydrogens (tertiary/aromatic N) is 1. The molecule has 0 saturated heterocycles. The van der Waals surface area contributed by atoms with E-state index in [2.05, 4.69) is 22.6 Å². The van der Waals surface area contributed by atoms with E-state index in [0.717, 1.165) is 23.3 Å². The molecule has 1 aromatic heterocycles. The van der Waals surface area contributed by atoms with Gasteiger partial charge in [0.2, 0.25) is 0 Å². The molecule has 0 atom stereocenters. The highest BCUT2D eigenvalue weighted by Gasteiger charge is 2.16. The van der Waals surface area contributed by atoms with E-state index >= 15 is 0 Å². The van der Waals surface area contributed by atoms with Gasteiger partial charge in [-0.15, -0.1) is 0 Å². The van der Waals surface area contributed by atoms with Crippen LogP contribution in [0.15, 0.2) is 60.4 Å². The second kappa shape index (κ2) is 7.23. The summed E-state index contributed by atoms with van der Waals surface area (Å²) in [6.07, 6.45) is 8.41. The minimum atomic E-state index is 0.577. The van der Waals surface area contributed by atoms with Crippen LogP contribution in [0.3, 0.4) is 0 Å². The number of allylic oxidation sites excluding steroid dienone is 1. The third-order valence-electron chi connectivity index (χ3n) is 4.34. The number of rotatable bonds is 6. The first-order valence-electron chi connectivity index (χ1n) is 8.23. The number of benzene rings is 1. The maximum Gasteiger partial charge on any atom is 0.0661 e. The topological polar surface area (TPSA) is 48.8 Å². The Bertz CT molecular complexity index is 700. The molecule has 0 unspecified atom stereocenters. The van der Waals surface area contributed by atoms with Crippen LogP contribution in [-0.2, 0) is 6.42 Å². The molecule has 0 radical (unpaired) electrons. The van der Waals surface area contributed by atoms with Gasteiger partial charge in [-0.1, -0.05) is 30.3 Å². The third-order valence-corrected chi connectivity index (χ3v) is 4.34. The Labute approximate surface area is 138 Å². The van der Waals surface area contributed by atoms with Gasteiger partial charge in [-0.25, -0.2) is 0 Å². The van der Waals surface area contributed by atoms with Crippen LogP contribution < -0.4 is 5.32 Å². The average molecular weight is 305 g/mol. The number of pyridine rings is 1. The van der Waals surface area contributed by atoms with E-state index in [1.807, 2.05) is 49.5 Å². The molecule has 3 nitrogen and oxygen atoms in total. The van der Waals surface area contributed by atoms with Crippen LogP contribution in [-0.4, -0.2) is 16.7 Å². The predicted octanol–water partition coefficient (Wildman–Crippen LogP) is 4.03. The van der Waals surface area contributed by atoms with E-state index in [1.165, 1.54) is 24.8 Å². The van der Waals surface area contributed by atoms with Gasteiger partial charge in [-0.3, -0.25) is 10.4 Å². The fraction of sp³-hybridized carbons (Fsp3) is 0.300. The van der Waals surface area contributed by atoms with Crippen molar-refractivity contribution in [2.24, 2.45) is 0 Å². The molecule has 1 aliphatic carbocycles. The molecule has 23 heavy (non-hydrogen) atoms. The van der Waals surface area contributed by atoms with Crippen molar-refractivity contribution in [3.8, 4) is 0 Å². The van der Waals surface area contributed by atoms with Crippen molar-refractivity contribution in [3.63, 3.8) is 0 Å². The van der Waals surface area contributed by atoms with Gasteiger partial charge in [-0.05, 0) is 55.0 Å². The van der Waals surface area contributed by atoms with Gasteiger partial charge in [0.25, 0.3) is 0 Å². The molecule has 0 amide bonds. The highest BCUT2D eigenvalue weighted by atomic mass is 14.9. The van der Waals surface area contributed by atoms with Crippen molar-refractivity contribution >= 4 is 5.71 Å². The van der Waals surface area contributed by atoms with Gasteiger partial charge in [0.15, 0.2) is 0 Å². The third kappa shape index (κ3) is 4.07. The molecule has 1 saturated carbocycles. The Hall–Kier alpha value is -2.42. The summed E-state index contributed by atoms with van der Waals surface area (Å²) in [4.78, 5) is 4.26. The lowest BCUT2D eigenvalue weighted by molar-refractivity contribution is 0.372. The Morgan fingerprint density at radius 3 is 2.70 bits per heavy atom. The zero-order valence-electron chi connectivity index (χ0n) is 13.5. The van der Waals surface area contributed by atoms with Gasteiger partial charge in [0.05, 0.1) is 5.71 Å². The molecule has 1 fully saturated rings. The summed E-state index contributed by atoms with van der Waals surface area (Å²) in [5.41, 5.74) is 4.78. The van der Waals surface area contributed by atoms with E-state index < -0.39 is 0 Å². The fourth-order valence-electron chi connectivity index (χ4n) is 2.73. The molecule has 3 heteroatoms. The molecule has 0 aliphatic heterocycles. The van der Waals surface area contributed by atoms with E-state index in [9.17, 15) is 0 Å². The summed E-state index contributed by atoms with van der Waals surface area (Å²) in [6.45, 7) is 2.00. The molecule has 1 aromatic carbocycles. The molecule has 1 heterocycles. The van der Waals surface area contributed by atoms with Gasteiger partial charge in [-0.2, -0.15) is 0 Å². The molecular weight excluding hydrogens is 282 g/mol. The van der Waals surface area contributed by atoms with Crippen LogP contribution in [0.5, 0.6) is 0 Å². The van der Waals surface area contributed by atoms with E-state index in [-0.39, 0.29) is 0 Å². The van der Waals surface area contributed by atoms with Crippen molar-refractivity contribution in [3.05, 3.63) is 77.3 Å². The van der Waals surface area contributed by atoms with Gasteiger partial charge < -0.3 is 5.32 Å². The molecule has 118 valence electrons. The minimum absolute atomic E-state index is 0.577. The molecular formula is C20H23N3. The minimum Gasteiger partial charge on any atom is -0.388 e. The van der Waals surface area contributed by atoms with Crippen LogP contribution in [0.2, 0.25) is 0 Å². The quantitative estimate of drug-likeness (QED) is 0.792. The molecule has 0 bridgehead atoms. The number of nitrogens with one attached hydrogen (secondary N) is 2. The van der Waals surface area contributed by atoms with E-state index in [4.69, 9.17) is 5.41 Å². The van der Waals surface area contributed by atoms with E-state index in [1.54, 1.807) is 0 Å². The summed E-state index contributed by atoms with van der Waals surface area (Å²) in [5.74, 6) is 0. The summed E-state index contributed by atoms with van der Waals surface area (Å²) in [6, 6.07) is 14.6. The van der Waals surface area contributed by atoms with Crippen molar-refractivity contribution in [1.82, 2.24) is 10.3 Å². The number of aryl methyl sites for hydroxylation is 1. The Balaban J connectivity index is 1.82. The zero-order chi connectivity index (χ0) is 16.1. The lowest BCUT2D eigenvalue weighted by atomic mass is 9.92. The lowest BCUT2D eigenvalue weighted by Crippen LogP contribution is -2.32. The molecule has 1 aliphatic rings. The second-order valence-corrected chi connectivity index (χ2v) is 6.19. The standard InChI is InChI=1S/C20H23N3/c1-15-12-16(10-11-22-15)13-18(14-23-19-8-5-9-19)20(21)17-6-3-2-4-7-17/h2-4,6-7,10-12,14,19,21,23H,5,8-9,13H2,1H3/b18-14-,21-20?. The first-order valence-corrected chi connectivity index (χ1v) is 8.23. The van der Waals surface area contributed by atoms with E-state index in [0.29, 0.717) is 11.8 Å². The Morgan fingerprint density at radius 1 is 1.26 bits per heavy atom. The Kier molecular flexibility index (Phi) is 4.86. The van der Waals surface area contributed by atoms with Crippen molar-refractivity contribution in [2.45, 2.75) is 38.6 Å². The highest BCUT2D eigenvalue weighted by Crippen LogP contribution is 2.19. The van der Waals surface area contributed by atoms with Crippen LogP contribution >= 0.6 is 0 Å². The Morgan fingerprint density at radius 2 is 2.04 bits per heavy atom. The second-order valence-electron chi connectivity index (χ2n) is 6.19.